The summed E-state index contributed by atoms with van der Waals surface area (Å²) in [6.45, 7) is 14.4. The Labute approximate surface area is 414 Å². The molecule has 0 aromatic rings. The second kappa shape index (κ2) is 52.6. The van der Waals surface area contributed by atoms with Gasteiger partial charge in [-0.1, -0.05) is 292 Å². The number of aliphatic hydroxyl groups is 3. The van der Waals surface area contributed by atoms with Crippen LogP contribution in [0.2, 0.25) is 0 Å². The van der Waals surface area contributed by atoms with E-state index in [0.717, 1.165) is 56.3 Å². The van der Waals surface area contributed by atoms with Crippen molar-refractivity contribution < 1.29 is 29.5 Å². The molecule has 0 bridgehead atoms. The minimum Gasteiger partial charge on any atom is -0.368 e. The summed E-state index contributed by atoms with van der Waals surface area (Å²) in [5.41, 5.74) is 0. The fraction of sp³-hybridized carbons (Fsp3) is 1.00. The first-order valence-electron chi connectivity index (χ1n) is 30.1. The molecule has 398 valence electrons. The van der Waals surface area contributed by atoms with Crippen LogP contribution in [0.3, 0.4) is 0 Å². The van der Waals surface area contributed by atoms with Gasteiger partial charge < -0.3 is 29.5 Å². The first kappa shape index (κ1) is 65.8. The van der Waals surface area contributed by atoms with E-state index in [1.165, 1.54) is 231 Å². The molecule has 0 fully saturated rings. The Bertz CT molecular complexity index is 854. The average molecular weight is 940 g/mol. The van der Waals surface area contributed by atoms with E-state index >= 15 is 0 Å². The van der Waals surface area contributed by atoms with Gasteiger partial charge in [0.2, 0.25) is 0 Å². The summed E-state index contributed by atoms with van der Waals surface area (Å²) in [5.74, 6) is 2.64. The third-order valence-electron chi connectivity index (χ3n) is 14.6. The molecule has 0 rings (SSSR count). The van der Waals surface area contributed by atoms with Crippen LogP contribution in [0.4, 0.5) is 0 Å². The predicted molar refractivity (Wildman–Crippen MR) is 287 cm³/mol. The summed E-state index contributed by atoms with van der Waals surface area (Å²) in [6.07, 6.45) is 53.3. The maximum atomic E-state index is 10.8. The van der Waals surface area contributed by atoms with Gasteiger partial charge in [-0.15, -0.1) is 0 Å². The molecular weight excluding hydrogens is 817 g/mol. The van der Waals surface area contributed by atoms with Crippen molar-refractivity contribution in [1.29, 1.82) is 0 Å². The Hall–Kier alpha value is -0.240. The lowest BCUT2D eigenvalue weighted by Gasteiger charge is -2.24. The summed E-state index contributed by atoms with van der Waals surface area (Å²) in [6, 6.07) is 0. The van der Waals surface area contributed by atoms with Crippen molar-refractivity contribution >= 4 is 0 Å². The summed E-state index contributed by atoms with van der Waals surface area (Å²) in [4.78, 5) is 0. The van der Waals surface area contributed by atoms with Gasteiger partial charge in [-0.3, -0.25) is 0 Å². The molecule has 0 aromatic heterocycles. The molecule has 0 saturated carbocycles. The molecule has 0 heterocycles. The van der Waals surface area contributed by atoms with E-state index in [2.05, 4.69) is 41.5 Å². The number of hydrogen-bond donors (Lipinski definition) is 3. The van der Waals surface area contributed by atoms with Crippen LogP contribution in [0.25, 0.3) is 0 Å². The molecule has 0 aromatic carbocycles. The largest absolute Gasteiger partial charge is 0.368 e. The van der Waals surface area contributed by atoms with Gasteiger partial charge in [-0.05, 0) is 56.3 Å². The van der Waals surface area contributed by atoms with Crippen molar-refractivity contribution in [2.24, 2.45) is 17.8 Å². The topological polar surface area (TPSA) is 88.4 Å². The van der Waals surface area contributed by atoms with E-state index in [0.29, 0.717) is 19.3 Å². The molecule has 0 aliphatic carbocycles. The Morgan fingerprint density at radius 1 is 0.258 bits per heavy atom. The zero-order chi connectivity index (χ0) is 48.4. The summed E-state index contributed by atoms with van der Waals surface area (Å²) in [7, 11) is 0. The molecule has 3 N–H and O–H groups in total. The van der Waals surface area contributed by atoms with Crippen molar-refractivity contribution in [3.05, 3.63) is 0 Å². The summed E-state index contributed by atoms with van der Waals surface area (Å²) >= 11 is 0. The smallest absolute Gasteiger partial charge is 0.155 e. The van der Waals surface area contributed by atoms with Crippen LogP contribution < -0.4 is 0 Å². The van der Waals surface area contributed by atoms with Crippen molar-refractivity contribution in [2.75, 3.05) is 13.2 Å². The lowest BCUT2D eigenvalue weighted by molar-refractivity contribution is -0.212. The van der Waals surface area contributed by atoms with Crippen molar-refractivity contribution in [2.45, 2.75) is 355 Å². The molecule has 0 aliphatic heterocycles. The summed E-state index contributed by atoms with van der Waals surface area (Å²) < 4.78 is 17.7. The quantitative estimate of drug-likeness (QED) is 0.0416. The summed E-state index contributed by atoms with van der Waals surface area (Å²) in [5, 5.41) is 32.2. The second-order valence-corrected chi connectivity index (χ2v) is 21.9. The van der Waals surface area contributed by atoms with Crippen molar-refractivity contribution in [3.8, 4) is 0 Å². The van der Waals surface area contributed by atoms with E-state index in [1.54, 1.807) is 0 Å². The van der Waals surface area contributed by atoms with Gasteiger partial charge in [0.15, 0.2) is 18.9 Å². The highest BCUT2D eigenvalue weighted by Crippen LogP contribution is 2.22. The van der Waals surface area contributed by atoms with E-state index in [9.17, 15) is 15.3 Å². The SMILES string of the molecule is CCCCCCC(C)CCCCCCCCCCC(O)OCC(COC(O)CCCCCCCCCCC(C)CCCCCC)OC(O)CCCCCCCCCCC(C)CCCCCC. The molecule has 6 nitrogen and oxygen atoms in total. The highest BCUT2D eigenvalue weighted by Gasteiger charge is 2.19. The predicted octanol–water partition coefficient (Wildman–Crippen LogP) is 18.9. The Morgan fingerprint density at radius 2 is 0.455 bits per heavy atom. The van der Waals surface area contributed by atoms with Crippen LogP contribution >= 0.6 is 0 Å². The van der Waals surface area contributed by atoms with E-state index < -0.39 is 25.0 Å². The Balaban J connectivity index is 4.39. The molecule has 0 amide bonds. The highest BCUT2D eigenvalue weighted by molar-refractivity contribution is 4.62. The fourth-order valence-electron chi connectivity index (χ4n) is 9.83. The maximum Gasteiger partial charge on any atom is 0.155 e. The first-order chi connectivity index (χ1) is 32.2. The lowest BCUT2D eigenvalue weighted by Crippen LogP contribution is -2.34. The Kier molecular flexibility index (Phi) is 52.4. The van der Waals surface area contributed by atoms with Crippen LogP contribution in [0, 0.1) is 17.8 Å². The zero-order valence-electron chi connectivity index (χ0n) is 45.8. The van der Waals surface area contributed by atoms with Gasteiger partial charge in [0, 0.05) is 0 Å². The van der Waals surface area contributed by atoms with Crippen molar-refractivity contribution in [3.63, 3.8) is 0 Å². The molecule has 0 aliphatic rings. The number of ether oxygens (including phenoxy) is 3. The van der Waals surface area contributed by atoms with Gasteiger partial charge in [0.1, 0.15) is 6.10 Å². The molecule has 6 heteroatoms. The van der Waals surface area contributed by atoms with Crippen LogP contribution in [0.1, 0.15) is 330 Å². The second-order valence-electron chi connectivity index (χ2n) is 21.9. The average Bonchev–Trinajstić information content (AvgIpc) is 3.30. The number of unbranched alkanes of at least 4 members (excludes halogenated alkanes) is 30. The molecule has 0 radical (unpaired) electrons. The Morgan fingerprint density at radius 3 is 0.697 bits per heavy atom. The van der Waals surface area contributed by atoms with Gasteiger partial charge in [0.05, 0.1) is 13.2 Å². The maximum absolute atomic E-state index is 10.8. The fourth-order valence-corrected chi connectivity index (χ4v) is 9.83. The van der Waals surface area contributed by atoms with Crippen LogP contribution in [0.5, 0.6) is 0 Å². The van der Waals surface area contributed by atoms with E-state index in [-0.39, 0.29) is 13.2 Å². The molecule has 0 spiro atoms. The van der Waals surface area contributed by atoms with Crippen LogP contribution in [-0.4, -0.2) is 53.5 Å². The minimum absolute atomic E-state index is 0.137. The van der Waals surface area contributed by atoms with Crippen LogP contribution in [0.15, 0.2) is 0 Å². The molecule has 6 atom stereocenters. The third-order valence-corrected chi connectivity index (χ3v) is 14.6. The lowest BCUT2D eigenvalue weighted by atomic mass is 9.96. The minimum atomic E-state index is -0.904. The van der Waals surface area contributed by atoms with Gasteiger partial charge in [-0.2, -0.15) is 0 Å². The monoisotopic (exact) mass is 939 g/mol. The number of rotatable bonds is 56. The third kappa shape index (κ3) is 50.2. The number of hydrogen-bond acceptors (Lipinski definition) is 6. The number of aliphatic hydroxyl groups excluding tert-OH is 3. The van der Waals surface area contributed by atoms with E-state index in [4.69, 9.17) is 14.2 Å². The van der Waals surface area contributed by atoms with Gasteiger partial charge >= 0.3 is 0 Å². The molecule has 0 saturated heterocycles. The van der Waals surface area contributed by atoms with Gasteiger partial charge in [0.25, 0.3) is 0 Å². The van der Waals surface area contributed by atoms with Gasteiger partial charge in [-0.25, -0.2) is 0 Å². The molecular formula is C60H122O6. The zero-order valence-corrected chi connectivity index (χ0v) is 45.8. The molecule has 66 heavy (non-hydrogen) atoms. The van der Waals surface area contributed by atoms with E-state index in [1.807, 2.05) is 0 Å². The highest BCUT2D eigenvalue weighted by atomic mass is 16.7. The first-order valence-corrected chi connectivity index (χ1v) is 30.1. The van der Waals surface area contributed by atoms with Crippen molar-refractivity contribution in [1.82, 2.24) is 0 Å². The normalized spacial score (nSPS) is 15.2. The standard InChI is InChI=1S/C60H122O6/c1-7-10-13-34-43-54(4)46-37-28-22-16-19-25-31-40-49-58(61)64-52-57(66-60(63)51-42-33-27-21-18-24-30-39-48-56(6)45-36-15-12-9-3)53-65-59(62)50-41-32-26-20-17-23-29-38-47-55(5)44-35-14-11-8-2/h54-63H,7-53H2,1-6H3. The molecule has 6 unspecified atom stereocenters. The van der Waals surface area contributed by atoms with Crippen LogP contribution in [-0.2, 0) is 14.2 Å².